The molecule has 0 N–H and O–H groups in total. The predicted molar refractivity (Wildman–Crippen MR) is 114 cm³/mol. The number of rotatable bonds is 6. The smallest absolute Gasteiger partial charge is 0.212 e. The molecular weight excluding hydrogens is 420 g/mol. The number of fused-ring (bicyclic) bond motifs is 5. The van der Waals surface area contributed by atoms with Crippen LogP contribution in [0.1, 0.15) is 63.6 Å². The summed E-state index contributed by atoms with van der Waals surface area (Å²) < 4.78 is 56.4. The summed E-state index contributed by atoms with van der Waals surface area (Å²) in [5, 5.41) is 8.45. The van der Waals surface area contributed by atoms with Gasteiger partial charge in [0.15, 0.2) is 0 Å². The molecule has 0 saturated heterocycles. The number of sulfonamides is 1. The van der Waals surface area contributed by atoms with Crippen LogP contribution in [0, 0.1) is 17.0 Å². The number of benzene rings is 1. The highest BCUT2D eigenvalue weighted by molar-refractivity contribution is 7.90. The topological polar surface area (TPSA) is 63.2 Å². The maximum Gasteiger partial charge on any atom is 0.217 e. The van der Waals surface area contributed by atoms with Crippen LogP contribution in [-0.2, 0) is 15.4 Å². The third kappa shape index (κ3) is 2.83. The number of hydrogen-bond acceptors (Lipinski definition) is 4. The summed E-state index contributed by atoms with van der Waals surface area (Å²) in [6, 6.07) is 5.52. The summed E-state index contributed by atoms with van der Waals surface area (Å²) in [6.45, 7) is 6.99. The molecule has 5 rings (SSSR count). The van der Waals surface area contributed by atoms with Crippen LogP contribution in [0.3, 0.4) is 0 Å². The minimum atomic E-state index is -3.32. The molecule has 0 radical (unpaired) electrons. The van der Waals surface area contributed by atoms with Gasteiger partial charge in [0.2, 0.25) is 10.0 Å². The summed E-state index contributed by atoms with van der Waals surface area (Å²) in [4.78, 5) is 0. The largest absolute Gasteiger partial charge is 0.217 e. The zero-order chi connectivity index (χ0) is 22.2. The van der Waals surface area contributed by atoms with E-state index in [0.29, 0.717) is 13.1 Å². The highest BCUT2D eigenvalue weighted by atomic mass is 32.2. The lowest BCUT2D eigenvalue weighted by atomic mass is 9.68. The van der Waals surface area contributed by atoms with E-state index < -0.39 is 27.1 Å². The summed E-state index contributed by atoms with van der Waals surface area (Å²) >= 11 is 0. The standard InChI is InChI=1S/C23H27F2N3O2S/c1-4-28(31(29,30)14-8-9-14)13-23-11-10-16(22(23,2)3)15-12-19(26-27-21(15)23)20-17(24)6-5-7-18(20)25/h5-7,12,14,16H,4,8-11,13H2,1-3H3/t16-,23-/m0/s1. The van der Waals surface area contributed by atoms with Crippen LogP contribution in [0.15, 0.2) is 24.3 Å². The van der Waals surface area contributed by atoms with Gasteiger partial charge in [-0.05, 0) is 60.8 Å². The molecule has 2 bridgehead atoms. The summed E-state index contributed by atoms with van der Waals surface area (Å²) in [5.74, 6) is -1.19. The Balaban J connectivity index is 1.60. The van der Waals surface area contributed by atoms with E-state index in [0.717, 1.165) is 36.9 Å². The molecular formula is C23H27F2N3O2S. The first-order valence-corrected chi connectivity index (χ1v) is 12.5. The number of halogens is 2. The molecule has 0 aliphatic heterocycles. The average molecular weight is 448 g/mol. The maximum absolute atomic E-state index is 14.4. The van der Waals surface area contributed by atoms with E-state index in [1.165, 1.54) is 18.2 Å². The van der Waals surface area contributed by atoms with E-state index in [4.69, 9.17) is 0 Å². The van der Waals surface area contributed by atoms with Crippen molar-refractivity contribution in [2.45, 2.75) is 63.0 Å². The minimum absolute atomic E-state index is 0.147. The summed E-state index contributed by atoms with van der Waals surface area (Å²) in [5.41, 5.74) is 1.07. The number of likely N-dealkylation sites (N-methyl/N-ethyl adjacent to an activating group) is 1. The lowest BCUT2D eigenvalue weighted by Gasteiger charge is -2.41. The van der Waals surface area contributed by atoms with Crippen LogP contribution in [0.2, 0.25) is 0 Å². The van der Waals surface area contributed by atoms with Crippen molar-refractivity contribution in [2.75, 3.05) is 13.1 Å². The van der Waals surface area contributed by atoms with Crippen molar-refractivity contribution in [1.29, 1.82) is 0 Å². The number of aromatic nitrogens is 2. The highest BCUT2D eigenvalue weighted by Gasteiger charge is 2.64. The molecule has 2 saturated carbocycles. The summed E-state index contributed by atoms with van der Waals surface area (Å²) in [6.07, 6.45) is 3.18. The highest BCUT2D eigenvalue weighted by Crippen LogP contribution is 2.67. The Bertz CT molecular complexity index is 1140. The normalized spacial score (nSPS) is 26.5. The van der Waals surface area contributed by atoms with Gasteiger partial charge in [0.05, 0.1) is 22.2 Å². The molecule has 1 heterocycles. The van der Waals surface area contributed by atoms with E-state index in [9.17, 15) is 17.2 Å². The van der Waals surface area contributed by atoms with Gasteiger partial charge in [0.25, 0.3) is 0 Å². The Kier molecular flexibility index (Phi) is 4.58. The van der Waals surface area contributed by atoms with Gasteiger partial charge >= 0.3 is 0 Å². The number of nitrogens with zero attached hydrogens (tertiary/aromatic N) is 3. The molecule has 0 spiro atoms. The monoisotopic (exact) mass is 447 g/mol. The van der Waals surface area contributed by atoms with E-state index in [2.05, 4.69) is 24.0 Å². The SMILES string of the molecule is CCN(C[C@@]12CC[C@@H](c3cc(-c4c(F)cccc4F)nnc31)C2(C)C)S(=O)(=O)C1CC1. The van der Waals surface area contributed by atoms with Crippen LogP contribution in [0.5, 0.6) is 0 Å². The molecule has 31 heavy (non-hydrogen) atoms. The first-order valence-electron chi connectivity index (χ1n) is 10.9. The van der Waals surface area contributed by atoms with Crippen molar-refractivity contribution < 1.29 is 17.2 Å². The molecule has 2 atom stereocenters. The minimum Gasteiger partial charge on any atom is -0.212 e. The zero-order valence-electron chi connectivity index (χ0n) is 18.0. The first-order chi connectivity index (χ1) is 14.6. The van der Waals surface area contributed by atoms with Gasteiger partial charge in [-0.2, -0.15) is 10.2 Å². The fraction of sp³-hybridized carbons (Fsp3) is 0.565. The van der Waals surface area contributed by atoms with E-state index >= 15 is 0 Å². The Morgan fingerprint density at radius 2 is 1.81 bits per heavy atom. The maximum atomic E-state index is 14.4. The quantitative estimate of drug-likeness (QED) is 0.659. The predicted octanol–water partition coefficient (Wildman–Crippen LogP) is 4.39. The van der Waals surface area contributed by atoms with Crippen LogP contribution < -0.4 is 0 Å². The molecule has 8 heteroatoms. The first kappa shape index (κ1) is 20.9. The van der Waals surface area contributed by atoms with Crippen LogP contribution >= 0.6 is 0 Å². The van der Waals surface area contributed by atoms with Gasteiger partial charge < -0.3 is 0 Å². The second kappa shape index (κ2) is 6.78. The Hall–Kier alpha value is -1.93. The van der Waals surface area contributed by atoms with Gasteiger partial charge in [-0.15, -0.1) is 0 Å². The van der Waals surface area contributed by atoms with Crippen molar-refractivity contribution in [3.63, 3.8) is 0 Å². The van der Waals surface area contributed by atoms with Gasteiger partial charge in [-0.25, -0.2) is 21.5 Å². The zero-order valence-corrected chi connectivity index (χ0v) is 18.8. The van der Waals surface area contributed by atoms with Gasteiger partial charge in [0, 0.05) is 18.5 Å². The second-order valence-corrected chi connectivity index (χ2v) is 11.9. The number of hydrogen-bond donors (Lipinski definition) is 0. The second-order valence-electron chi connectivity index (χ2n) is 9.70. The Morgan fingerprint density at radius 1 is 1.13 bits per heavy atom. The van der Waals surface area contributed by atoms with Crippen molar-refractivity contribution >= 4 is 10.0 Å². The Labute approximate surface area is 181 Å². The lowest BCUT2D eigenvalue weighted by molar-refractivity contribution is 0.169. The average Bonchev–Trinajstić information content (AvgIpc) is 3.51. The molecule has 1 aromatic carbocycles. The molecule has 166 valence electrons. The third-order valence-corrected chi connectivity index (χ3v) is 10.4. The fourth-order valence-electron chi connectivity index (χ4n) is 5.90. The molecule has 3 aliphatic rings. The van der Waals surface area contributed by atoms with Crippen LogP contribution in [0.25, 0.3) is 11.3 Å². The van der Waals surface area contributed by atoms with Crippen LogP contribution in [-0.4, -0.2) is 41.3 Å². The molecule has 0 unspecified atom stereocenters. The summed E-state index contributed by atoms with van der Waals surface area (Å²) in [7, 11) is -3.32. The molecule has 3 aliphatic carbocycles. The third-order valence-electron chi connectivity index (χ3n) is 7.94. The molecule has 2 fully saturated rings. The molecule has 1 aromatic heterocycles. The van der Waals surface area contributed by atoms with Gasteiger partial charge in [-0.1, -0.05) is 26.8 Å². The molecule has 5 nitrogen and oxygen atoms in total. The van der Waals surface area contributed by atoms with Crippen molar-refractivity contribution in [1.82, 2.24) is 14.5 Å². The van der Waals surface area contributed by atoms with Crippen molar-refractivity contribution in [2.24, 2.45) is 5.41 Å². The van der Waals surface area contributed by atoms with Gasteiger partial charge in [0.1, 0.15) is 11.6 Å². The van der Waals surface area contributed by atoms with E-state index in [-0.39, 0.29) is 27.8 Å². The lowest BCUT2D eigenvalue weighted by Crippen LogP contribution is -2.49. The molecule has 0 amide bonds. The van der Waals surface area contributed by atoms with E-state index in [1.54, 1.807) is 10.4 Å². The Morgan fingerprint density at radius 3 is 2.42 bits per heavy atom. The molecule has 2 aromatic rings. The van der Waals surface area contributed by atoms with E-state index in [1.807, 2.05) is 6.92 Å². The van der Waals surface area contributed by atoms with Crippen molar-refractivity contribution in [3.8, 4) is 11.3 Å². The fourth-order valence-corrected chi connectivity index (χ4v) is 7.81. The van der Waals surface area contributed by atoms with Crippen LogP contribution in [0.4, 0.5) is 8.78 Å². The van der Waals surface area contributed by atoms with Gasteiger partial charge in [-0.3, -0.25) is 0 Å². The van der Waals surface area contributed by atoms with Crippen molar-refractivity contribution in [3.05, 3.63) is 47.2 Å².